The lowest BCUT2D eigenvalue weighted by atomic mass is 9.93. The third kappa shape index (κ3) is 5.36. The first kappa shape index (κ1) is 22.9. The fourth-order valence-corrected chi connectivity index (χ4v) is 4.79. The molecule has 7 heteroatoms. The molecule has 2 rings (SSSR count). The average Bonchev–Trinajstić information content (AvgIpc) is 2.73. The molecule has 0 aliphatic heterocycles. The van der Waals surface area contributed by atoms with E-state index in [-0.39, 0.29) is 16.7 Å². The summed E-state index contributed by atoms with van der Waals surface area (Å²) in [5.74, 6) is -0.0946. The number of carbonyl (C=O) groups is 1. The molecule has 0 aromatic heterocycles. The maximum Gasteiger partial charge on any atom is 0.243 e. The molecule has 1 amide bonds. The number of anilines is 1. The maximum absolute atomic E-state index is 13.1. The van der Waals surface area contributed by atoms with E-state index in [1.807, 2.05) is 37.3 Å². The molecule has 158 valence electrons. The highest BCUT2D eigenvalue weighted by Gasteiger charge is 2.25. The molecule has 1 N–H and O–H groups in total. The summed E-state index contributed by atoms with van der Waals surface area (Å²) in [6.45, 7) is 6.37. The van der Waals surface area contributed by atoms with E-state index in [1.54, 1.807) is 19.9 Å². The lowest BCUT2D eigenvalue weighted by Gasteiger charge is -2.21. The topological polar surface area (TPSA) is 75.7 Å². The largest absolute Gasteiger partial charge is 0.495 e. The molecule has 0 aliphatic rings. The van der Waals surface area contributed by atoms with Crippen molar-refractivity contribution in [2.24, 2.45) is 0 Å². The Bertz CT molecular complexity index is 910. The number of nitrogens with zero attached hydrogens (tertiary/aromatic N) is 1. The van der Waals surface area contributed by atoms with Crippen LogP contribution in [0.4, 0.5) is 5.69 Å². The van der Waals surface area contributed by atoms with Crippen molar-refractivity contribution in [3.8, 4) is 5.75 Å². The van der Waals surface area contributed by atoms with Gasteiger partial charge >= 0.3 is 0 Å². The number of nitrogens with one attached hydrogen (secondary N) is 1. The lowest BCUT2D eigenvalue weighted by molar-refractivity contribution is -0.117. The molecule has 0 radical (unpaired) electrons. The number of rotatable bonds is 10. The number of ether oxygens (including phenoxy) is 1. The van der Waals surface area contributed by atoms with E-state index in [0.29, 0.717) is 30.9 Å². The molecule has 0 spiro atoms. The minimum atomic E-state index is -3.64. The molecule has 2 aromatic rings. The van der Waals surface area contributed by atoms with Crippen LogP contribution in [0.1, 0.15) is 45.1 Å². The molecule has 0 unspecified atom stereocenters. The SMILES string of the molecule is CCC[C@H](C(=O)Nc1cc(S(=O)(=O)N(CC)CC)ccc1OC)c1ccccc1. The monoisotopic (exact) mass is 418 g/mol. The molecule has 0 heterocycles. The number of carbonyl (C=O) groups excluding carboxylic acids is 1. The van der Waals surface area contributed by atoms with Gasteiger partial charge in [-0.25, -0.2) is 8.42 Å². The van der Waals surface area contributed by atoms with E-state index in [9.17, 15) is 13.2 Å². The predicted molar refractivity (Wildman–Crippen MR) is 116 cm³/mol. The Balaban J connectivity index is 2.39. The molecular formula is C22H30N2O4S. The quantitative estimate of drug-likeness (QED) is 0.626. The van der Waals surface area contributed by atoms with Crippen LogP contribution in [0.3, 0.4) is 0 Å². The highest BCUT2D eigenvalue weighted by atomic mass is 32.2. The number of hydrogen-bond acceptors (Lipinski definition) is 4. The third-order valence-electron chi connectivity index (χ3n) is 4.87. The molecule has 0 bridgehead atoms. The van der Waals surface area contributed by atoms with Gasteiger partial charge in [-0.3, -0.25) is 4.79 Å². The zero-order valence-electron chi connectivity index (χ0n) is 17.5. The van der Waals surface area contributed by atoms with E-state index in [0.717, 1.165) is 12.0 Å². The second-order valence-electron chi connectivity index (χ2n) is 6.69. The summed E-state index contributed by atoms with van der Waals surface area (Å²) in [7, 11) is -2.15. The smallest absolute Gasteiger partial charge is 0.243 e. The Morgan fingerprint density at radius 3 is 2.28 bits per heavy atom. The van der Waals surface area contributed by atoms with Gasteiger partial charge < -0.3 is 10.1 Å². The van der Waals surface area contributed by atoms with Crippen LogP contribution >= 0.6 is 0 Å². The summed E-state index contributed by atoms with van der Waals surface area (Å²) < 4.78 is 32.5. The van der Waals surface area contributed by atoms with Crippen molar-refractivity contribution >= 4 is 21.6 Å². The number of sulfonamides is 1. The molecule has 0 saturated heterocycles. The van der Waals surface area contributed by atoms with Gasteiger partial charge in [-0.2, -0.15) is 4.31 Å². The van der Waals surface area contributed by atoms with E-state index >= 15 is 0 Å². The van der Waals surface area contributed by atoms with Crippen LogP contribution in [0.25, 0.3) is 0 Å². The first-order valence-corrected chi connectivity index (χ1v) is 11.4. The van der Waals surface area contributed by atoms with Crippen LogP contribution in [0.15, 0.2) is 53.4 Å². The first-order chi connectivity index (χ1) is 13.9. The molecule has 0 fully saturated rings. The fourth-order valence-electron chi connectivity index (χ4n) is 3.30. The molecule has 0 aliphatic carbocycles. The number of benzene rings is 2. The van der Waals surface area contributed by atoms with Gasteiger partial charge in [0, 0.05) is 13.1 Å². The van der Waals surface area contributed by atoms with Gasteiger partial charge in [0.15, 0.2) is 0 Å². The van der Waals surface area contributed by atoms with Crippen molar-refractivity contribution < 1.29 is 17.9 Å². The molecule has 29 heavy (non-hydrogen) atoms. The second-order valence-corrected chi connectivity index (χ2v) is 8.63. The van der Waals surface area contributed by atoms with Crippen LogP contribution in [-0.4, -0.2) is 38.8 Å². The minimum Gasteiger partial charge on any atom is -0.495 e. The summed E-state index contributed by atoms with van der Waals surface area (Å²) in [5.41, 5.74) is 1.28. The molecule has 0 saturated carbocycles. The van der Waals surface area contributed by atoms with Crippen molar-refractivity contribution in [3.05, 3.63) is 54.1 Å². The highest BCUT2D eigenvalue weighted by Crippen LogP contribution is 2.31. The van der Waals surface area contributed by atoms with E-state index in [4.69, 9.17) is 4.74 Å². The lowest BCUT2D eigenvalue weighted by Crippen LogP contribution is -2.30. The van der Waals surface area contributed by atoms with Crippen LogP contribution in [0.2, 0.25) is 0 Å². The van der Waals surface area contributed by atoms with Crippen LogP contribution < -0.4 is 10.1 Å². The average molecular weight is 419 g/mol. The normalized spacial score (nSPS) is 12.6. The Hall–Kier alpha value is -2.38. The van der Waals surface area contributed by atoms with Crippen molar-refractivity contribution in [1.82, 2.24) is 4.31 Å². The Morgan fingerprint density at radius 1 is 1.07 bits per heavy atom. The van der Waals surface area contributed by atoms with Gasteiger partial charge in [-0.1, -0.05) is 57.5 Å². The molecule has 6 nitrogen and oxygen atoms in total. The fraction of sp³-hybridized carbons (Fsp3) is 0.409. The van der Waals surface area contributed by atoms with Gasteiger partial charge in [-0.15, -0.1) is 0 Å². The maximum atomic E-state index is 13.1. The predicted octanol–water partition coefficient (Wildman–Crippen LogP) is 4.25. The summed E-state index contributed by atoms with van der Waals surface area (Å²) in [5, 5.41) is 2.89. The van der Waals surface area contributed by atoms with E-state index < -0.39 is 10.0 Å². The first-order valence-electron chi connectivity index (χ1n) is 9.92. The standard InChI is InChI=1S/C22H30N2O4S/c1-5-11-19(17-12-9-8-10-13-17)22(25)23-20-16-18(14-15-21(20)28-4)29(26,27)24(6-2)7-3/h8-10,12-16,19H,5-7,11H2,1-4H3,(H,23,25)/t19-/m0/s1. The van der Waals surface area contributed by atoms with E-state index in [2.05, 4.69) is 5.32 Å². The number of amides is 1. The summed E-state index contributed by atoms with van der Waals surface area (Å²) in [4.78, 5) is 13.2. The van der Waals surface area contributed by atoms with Crippen LogP contribution in [0, 0.1) is 0 Å². The van der Waals surface area contributed by atoms with E-state index in [1.165, 1.54) is 23.5 Å². The zero-order chi connectivity index (χ0) is 21.4. The summed E-state index contributed by atoms with van der Waals surface area (Å²) >= 11 is 0. The summed E-state index contributed by atoms with van der Waals surface area (Å²) in [6.07, 6.45) is 1.54. The highest BCUT2D eigenvalue weighted by molar-refractivity contribution is 7.89. The van der Waals surface area contributed by atoms with Crippen LogP contribution in [0.5, 0.6) is 5.75 Å². The van der Waals surface area contributed by atoms with Gasteiger partial charge in [-0.05, 0) is 30.2 Å². The number of hydrogen-bond donors (Lipinski definition) is 1. The summed E-state index contributed by atoms with van der Waals surface area (Å²) in [6, 6.07) is 14.1. The van der Waals surface area contributed by atoms with Gasteiger partial charge in [0.1, 0.15) is 5.75 Å². The van der Waals surface area contributed by atoms with Crippen molar-refractivity contribution in [3.63, 3.8) is 0 Å². The van der Waals surface area contributed by atoms with Gasteiger partial charge in [0.05, 0.1) is 23.6 Å². The molecular weight excluding hydrogens is 388 g/mol. The Morgan fingerprint density at radius 2 is 1.72 bits per heavy atom. The van der Waals surface area contributed by atoms with Gasteiger partial charge in [0.2, 0.25) is 15.9 Å². The van der Waals surface area contributed by atoms with Gasteiger partial charge in [0.25, 0.3) is 0 Å². The zero-order valence-corrected chi connectivity index (χ0v) is 18.3. The molecule has 2 aromatic carbocycles. The third-order valence-corrected chi connectivity index (χ3v) is 6.91. The Kier molecular flexibility index (Phi) is 8.22. The van der Waals surface area contributed by atoms with Crippen molar-refractivity contribution in [2.75, 3.05) is 25.5 Å². The minimum absolute atomic E-state index is 0.129. The Labute approximate surface area is 173 Å². The van der Waals surface area contributed by atoms with Crippen molar-refractivity contribution in [2.45, 2.75) is 44.4 Å². The van der Waals surface area contributed by atoms with Crippen molar-refractivity contribution in [1.29, 1.82) is 0 Å². The second kappa shape index (κ2) is 10.4. The molecule has 1 atom stereocenters. The van der Waals surface area contributed by atoms with Crippen LogP contribution in [-0.2, 0) is 14.8 Å². The number of methoxy groups -OCH3 is 1.